The molecule has 5 nitrogen and oxygen atoms in total. The molecular formula is C13H22N4O. The van der Waals surface area contributed by atoms with Crippen molar-refractivity contribution in [1.29, 1.82) is 0 Å². The molecule has 0 radical (unpaired) electrons. The van der Waals surface area contributed by atoms with Crippen molar-refractivity contribution in [3.63, 3.8) is 0 Å². The molecule has 1 fully saturated rings. The first-order valence-corrected chi connectivity index (χ1v) is 6.50. The maximum absolute atomic E-state index is 5.39. The Bertz CT molecular complexity index is 391. The SMILES string of the molecule is CNc1ncnc(N(C)CC2CCOCC2)c1C. The van der Waals surface area contributed by atoms with Gasteiger partial charge in [0.2, 0.25) is 0 Å². The third-order valence-corrected chi connectivity index (χ3v) is 3.53. The monoisotopic (exact) mass is 250 g/mol. The van der Waals surface area contributed by atoms with Crippen molar-refractivity contribution in [1.82, 2.24) is 9.97 Å². The second-order valence-electron chi connectivity index (χ2n) is 4.86. The summed E-state index contributed by atoms with van der Waals surface area (Å²) in [7, 11) is 3.99. The second kappa shape index (κ2) is 6.00. The molecule has 0 atom stereocenters. The molecule has 0 aliphatic carbocycles. The average molecular weight is 250 g/mol. The molecule has 0 unspecified atom stereocenters. The number of aromatic nitrogens is 2. The van der Waals surface area contributed by atoms with Crippen LogP contribution in [0.3, 0.4) is 0 Å². The molecule has 0 amide bonds. The van der Waals surface area contributed by atoms with Gasteiger partial charge in [0.25, 0.3) is 0 Å². The van der Waals surface area contributed by atoms with Crippen LogP contribution >= 0.6 is 0 Å². The lowest BCUT2D eigenvalue weighted by molar-refractivity contribution is 0.0685. The third-order valence-electron chi connectivity index (χ3n) is 3.53. The summed E-state index contributed by atoms with van der Waals surface area (Å²) < 4.78 is 5.39. The van der Waals surface area contributed by atoms with Crippen LogP contribution in [-0.2, 0) is 4.74 Å². The van der Waals surface area contributed by atoms with Gasteiger partial charge in [-0.15, -0.1) is 0 Å². The van der Waals surface area contributed by atoms with Gasteiger partial charge >= 0.3 is 0 Å². The first kappa shape index (κ1) is 13.1. The van der Waals surface area contributed by atoms with E-state index in [-0.39, 0.29) is 0 Å². The summed E-state index contributed by atoms with van der Waals surface area (Å²) >= 11 is 0. The molecule has 1 aliphatic rings. The molecule has 0 spiro atoms. The van der Waals surface area contributed by atoms with E-state index in [0.29, 0.717) is 5.92 Å². The Morgan fingerprint density at radius 2 is 2.11 bits per heavy atom. The molecule has 1 aliphatic heterocycles. The highest BCUT2D eigenvalue weighted by molar-refractivity contribution is 5.57. The minimum absolute atomic E-state index is 0.705. The van der Waals surface area contributed by atoms with Crippen LogP contribution in [0.2, 0.25) is 0 Å². The van der Waals surface area contributed by atoms with E-state index in [2.05, 4.69) is 34.2 Å². The second-order valence-corrected chi connectivity index (χ2v) is 4.86. The van der Waals surface area contributed by atoms with E-state index in [9.17, 15) is 0 Å². The van der Waals surface area contributed by atoms with E-state index >= 15 is 0 Å². The topological polar surface area (TPSA) is 50.3 Å². The number of rotatable bonds is 4. The van der Waals surface area contributed by atoms with Gasteiger partial charge in [0.1, 0.15) is 18.0 Å². The minimum Gasteiger partial charge on any atom is -0.381 e. The van der Waals surface area contributed by atoms with Gasteiger partial charge in [0, 0.05) is 39.4 Å². The number of hydrogen-bond donors (Lipinski definition) is 1. The maximum atomic E-state index is 5.39. The Kier molecular flexibility index (Phi) is 4.36. The van der Waals surface area contributed by atoms with E-state index in [4.69, 9.17) is 4.74 Å². The van der Waals surface area contributed by atoms with Gasteiger partial charge < -0.3 is 15.0 Å². The number of nitrogens with zero attached hydrogens (tertiary/aromatic N) is 3. The molecule has 2 rings (SSSR count). The highest BCUT2D eigenvalue weighted by Gasteiger charge is 2.18. The van der Waals surface area contributed by atoms with Crippen molar-refractivity contribution in [2.75, 3.05) is 44.1 Å². The van der Waals surface area contributed by atoms with Gasteiger partial charge in [0.05, 0.1) is 0 Å². The Morgan fingerprint density at radius 3 is 2.78 bits per heavy atom. The fraction of sp³-hybridized carbons (Fsp3) is 0.692. The summed E-state index contributed by atoms with van der Waals surface area (Å²) in [5.74, 6) is 2.62. The largest absolute Gasteiger partial charge is 0.381 e. The molecule has 5 heteroatoms. The quantitative estimate of drug-likeness (QED) is 0.881. The van der Waals surface area contributed by atoms with Crippen LogP contribution in [0, 0.1) is 12.8 Å². The predicted octanol–water partition coefficient (Wildman–Crippen LogP) is 1.69. The molecule has 2 heterocycles. The van der Waals surface area contributed by atoms with Gasteiger partial charge in [-0.25, -0.2) is 9.97 Å². The van der Waals surface area contributed by atoms with E-state index in [1.807, 2.05) is 7.05 Å². The average Bonchev–Trinajstić information content (AvgIpc) is 2.40. The first-order chi connectivity index (χ1) is 8.72. The summed E-state index contributed by atoms with van der Waals surface area (Å²) in [5, 5.41) is 3.10. The van der Waals surface area contributed by atoms with E-state index in [0.717, 1.165) is 49.8 Å². The highest BCUT2D eigenvalue weighted by Crippen LogP contribution is 2.23. The predicted molar refractivity (Wildman–Crippen MR) is 73.1 cm³/mol. The Labute approximate surface area is 109 Å². The van der Waals surface area contributed by atoms with Gasteiger partial charge in [-0.05, 0) is 25.7 Å². The molecule has 1 aromatic rings. The van der Waals surface area contributed by atoms with Crippen LogP contribution in [0.25, 0.3) is 0 Å². The zero-order chi connectivity index (χ0) is 13.0. The lowest BCUT2D eigenvalue weighted by Crippen LogP contribution is -2.30. The summed E-state index contributed by atoms with van der Waals surface area (Å²) in [6.45, 7) is 4.87. The van der Waals surface area contributed by atoms with Gasteiger partial charge in [-0.1, -0.05) is 0 Å². The van der Waals surface area contributed by atoms with Crippen molar-refractivity contribution in [2.45, 2.75) is 19.8 Å². The van der Waals surface area contributed by atoms with Crippen molar-refractivity contribution in [3.8, 4) is 0 Å². The smallest absolute Gasteiger partial charge is 0.136 e. The Balaban J connectivity index is 2.05. The lowest BCUT2D eigenvalue weighted by atomic mass is 10.00. The fourth-order valence-corrected chi connectivity index (χ4v) is 2.48. The molecular weight excluding hydrogens is 228 g/mol. The lowest BCUT2D eigenvalue weighted by Gasteiger charge is -2.28. The molecule has 1 saturated heterocycles. The van der Waals surface area contributed by atoms with Crippen LogP contribution in [0.4, 0.5) is 11.6 Å². The molecule has 1 aromatic heterocycles. The van der Waals surface area contributed by atoms with E-state index in [1.54, 1.807) is 6.33 Å². The van der Waals surface area contributed by atoms with Gasteiger partial charge in [-0.3, -0.25) is 0 Å². The zero-order valence-corrected chi connectivity index (χ0v) is 11.4. The number of hydrogen-bond acceptors (Lipinski definition) is 5. The van der Waals surface area contributed by atoms with Crippen LogP contribution in [-0.4, -0.2) is 43.8 Å². The van der Waals surface area contributed by atoms with Crippen molar-refractivity contribution in [3.05, 3.63) is 11.9 Å². The van der Waals surface area contributed by atoms with Crippen molar-refractivity contribution < 1.29 is 4.74 Å². The molecule has 18 heavy (non-hydrogen) atoms. The summed E-state index contributed by atoms with van der Waals surface area (Å²) in [6.07, 6.45) is 3.91. The Morgan fingerprint density at radius 1 is 1.39 bits per heavy atom. The number of nitrogens with one attached hydrogen (secondary N) is 1. The first-order valence-electron chi connectivity index (χ1n) is 6.50. The zero-order valence-electron chi connectivity index (χ0n) is 11.4. The Hall–Kier alpha value is -1.36. The molecule has 0 bridgehead atoms. The van der Waals surface area contributed by atoms with Crippen LogP contribution in [0.5, 0.6) is 0 Å². The number of ether oxygens (including phenoxy) is 1. The highest BCUT2D eigenvalue weighted by atomic mass is 16.5. The molecule has 100 valence electrons. The minimum atomic E-state index is 0.705. The summed E-state index contributed by atoms with van der Waals surface area (Å²) in [5.41, 5.74) is 1.11. The van der Waals surface area contributed by atoms with Crippen molar-refractivity contribution in [2.24, 2.45) is 5.92 Å². The summed E-state index contributed by atoms with van der Waals surface area (Å²) in [6, 6.07) is 0. The maximum Gasteiger partial charge on any atom is 0.136 e. The molecule has 0 saturated carbocycles. The summed E-state index contributed by atoms with van der Waals surface area (Å²) in [4.78, 5) is 10.8. The normalized spacial score (nSPS) is 16.6. The van der Waals surface area contributed by atoms with Gasteiger partial charge in [0.15, 0.2) is 0 Å². The molecule has 0 aromatic carbocycles. The van der Waals surface area contributed by atoms with Gasteiger partial charge in [-0.2, -0.15) is 0 Å². The van der Waals surface area contributed by atoms with Crippen LogP contribution in [0.15, 0.2) is 6.33 Å². The van der Waals surface area contributed by atoms with E-state index < -0.39 is 0 Å². The molecule has 1 N–H and O–H groups in total. The number of anilines is 2. The fourth-order valence-electron chi connectivity index (χ4n) is 2.48. The van der Waals surface area contributed by atoms with Crippen LogP contribution in [0.1, 0.15) is 18.4 Å². The van der Waals surface area contributed by atoms with Crippen molar-refractivity contribution >= 4 is 11.6 Å². The third kappa shape index (κ3) is 2.90. The van der Waals surface area contributed by atoms with Crippen LogP contribution < -0.4 is 10.2 Å². The standard InChI is InChI=1S/C13H22N4O/c1-10-12(14-2)15-9-16-13(10)17(3)8-11-4-6-18-7-5-11/h9,11H,4-8H2,1-3H3,(H,14,15,16). The van der Waals surface area contributed by atoms with E-state index in [1.165, 1.54) is 0 Å².